The molecular weight excluding hydrogens is 276 g/mol. The van der Waals surface area contributed by atoms with Crippen LogP contribution in [-0.2, 0) is 16.0 Å². The Morgan fingerprint density at radius 1 is 1.40 bits per heavy atom. The number of esters is 1. The van der Waals surface area contributed by atoms with Crippen LogP contribution in [0.1, 0.15) is 12.0 Å². The molecule has 0 fully saturated rings. The number of aliphatic imine (C=N–C) groups is 1. The summed E-state index contributed by atoms with van der Waals surface area (Å²) in [7, 11) is 1.33. The van der Waals surface area contributed by atoms with Gasteiger partial charge < -0.3 is 9.72 Å². The molecule has 0 bridgehead atoms. The standard InChI is InChI=1S/C15H17ClN2O2/c1-20-15(19)14(9-16)17-8-4-5-11-10-18-13-7-3-2-6-12(11)13/h2-3,6-7,10,18H,4-5,8-9H2,1H3. The summed E-state index contributed by atoms with van der Waals surface area (Å²) in [4.78, 5) is 18.7. The number of aromatic amines is 1. The second-order valence-corrected chi connectivity index (χ2v) is 4.68. The van der Waals surface area contributed by atoms with Gasteiger partial charge in [0.1, 0.15) is 5.71 Å². The summed E-state index contributed by atoms with van der Waals surface area (Å²) in [5.74, 6) is -0.369. The summed E-state index contributed by atoms with van der Waals surface area (Å²) in [6.45, 7) is 0.566. The number of aromatic nitrogens is 1. The van der Waals surface area contributed by atoms with Gasteiger partial charge in [-0.15, -0.1) is 11.6 Å². The highest BCUT2D eigenvalue weighted by atomic mass is 35.5. The van der Waals surface area contributed by atoms with Gasteiger partial charge in [0.05, 0.1) is 13.0 Å². The van der Waals surface area contributed by atoms with Gasteiger partial charge in [0, 0.05) is 23.6 Å². The number of hydrogen-bond donors (Lipinski definition) is 1. The number of hydrogen-bond acceptors (Lipinski definition) is 3. The minimum Gasteiger partial charge on any atom is -0.465 e. The largest absolute Gasteiger partial charge is 0.465 e. The molecule has 0 aliphatic carbocycles. The van der Waals surface area contributed by atoms with Gasteiger partial charge in [-0.25, -0.2) is 4.79 Å². The SMILES string of the molecule is COC(=O)C(CCl)=NCCCc1c[nH]c2ccccc12. The molecule has 1 heterocycles. The van der Waals surface area contributed by atoms with Crippen LogP contribution in [0.15, 0.2) is 35.5 Å². The minimum atomic E-state index is -0.452. The number of fused-ring (bicyclic) bond motifs is 1. The van der Waals surface area contributed by atoms with Gasteiger partial charge in [0.25, 0.3) is 0 Å². The number of benzene rings is 1. The van der Waals surface area contributed by atoms with Crippen LogP contribution in [0.5, 0.6) is 0 Å². The van der Waals surface area contributed by atoms with Gasteiger partial charge in [0.15, 0.2) is 0 Å². The zero-order valence-electron chi connectivity index (χ0n) is 11.4. The Kier molecular flexibility index (Phi) is 5.18. The second kappa shape index (κ2) is 7.10. The van der Waals surface area contributed by atoms with Crippen LogP contribution in [0.4, 0.5) is 0 Å². The van der Waals surface area contributed by atoms with E-state index in [1.165, 1.54) is 18.1 Å². The molecule has 0 saturated heterocycles. The molecule has 4 nitrogen and oxygen atoms in total. The number of alkyl halides is 1. The van der Waals surface area contributed by atoms with Gasteiger partial charge in [-0.05, 0) is 24.5 Å². The summed E-state index contributed by atoms with van der Waals surface area (Å²) >= 11 is 5.66. The maximum atomic E-state index is 11.3. The summed E-state index contributed by atoms with van der Waals surface area (Å²) < 4.78 is 4.60. The Balaban J connectivity index is 1.93. The first-order chi connectivity index (χ1) is 9.76. The first-order valence-electron chi connectivity index (χ1n) is 6.49. The van der Waals surface area contributed by atoms with Gasteiger partial charge in [-0.2, -0.15) is 0 Å². The second-order valence-electron chi connectivity index (χ2n) is 4.42. The van der Waals surface area contributed by atoms with Crippen LogP contribution in [0.25, 0.3) is 10.9 Å². The lowest BCUT2D eigenvalue weighted by Crippen LogP contribution is -2.17. The van der Waals surface area contributed by atoms with Crippen molar-refractivity contribution in [2.45, 2.75) is 12.8 Å². The lowest BCUT2D eigenvalue weighted by Gasteiger charge is -2.01. The molecule has 0 unspecified atom stereocenters. The number of para-hydroxylation sites is 1. The lowest BCUT2D eigenvalue weighted by molar-refractivity contribution is -0.132. The maximum absolute atomic E-state index is 11.3. The molecule has 2 aromatic rings. The van der Waals surface area contributed by atoms with E-state index in [2.05, 4.69) is 26.8 Å². The van der Waals surface area contributed by atoms with E-state index in [4.69, 9.17) is 11.6 Å². The Bertz CT molecular complexity index is 619. The van der Waals surface area contributed by atoms with Crippen molar-refractivity contribution in [3.05, 3.63) is 36.0 Å². The van der Waals surface area contributed by atoms with Crippen molar-refractivity contribution >= 4 is 34.2 Å². The molecule has 0 saturated carbocycles. The fraction of sp³-hybridized carbons (Fsp3) is 0.333. The molecule has 0 spiro atoms. The Morgan fingerprint density at radius 2 is 2.20 bits per heavy atom. The van der Waals surface area contributed by atoms with Crippen LogP contribution < -0.4 is 0 Å². The van der Waals surface area contributed by atoms with Crippen LogP contribution in [0.2, 0.25) is 0 Å². The van der Waals surface area contributed by atoms with Gasteiger partial charge in [0.2, 0.25) is 0 Å². The van der Waals surface area contributed by atoms with Crippen molar-refractivity contribution in [2.75, 3.05) is 19.5 Å². The normalized spacial score (nSPS) is 11.8. The number of carbonyl (C=O) groups is 1. The van der Waals surface area contributed by atoms with Crippen molar-refractivity contribution in [3.63, 3.8) is 0 Å². The highest BCUT2D eigenvalue weighted by Gasteiger charge is 2.09. The molecule has 1 N–H and O–H groups in total. The number of carbonyl (C=O) groups excluding carboxylic acids is 1. The van der Waals surface area contributed by atoms with E-state index in [0.29, 0.717) is 6.54 Å². The number of aryl methyl sites for hydroxylation is 1. The topological polar surface area (TPSA) is 54.4 Å². The minimum absolute atomic E-state index is 0.0831. The van der Waals surface area contributed by atoms with Crippen molar-refractivity contribution in [3.8, 4) is 0 Å². The molecule has 0 aliphatic heterocycles. The van der Waals surface area contributed by atoms with E-state index >= 15 is 0 Å². The molecule has 1 aromatic heterocycles. The van der Waals surface area contributed by atoms with Crippen LogP contribution >= 0.6 is 11.6 Å². The number of nitrogens with one attached hydrogen (secondary N) is 1. The predicted molar refractivity (Wildman–Crippen MR) is 81.7 cm³/mol. The Labute approximate surface area is 122 Å². The first-order valence-corrected chi connectivity index (χ1v) is 7.02. The monoisotopic (exact) mass is 292 g/mol. The summed E-state index contributed by atoms with van der Waals surface area (Å²) in [6.07, 6.45) is 3.79. The Morgan fingerprint density at radius 3 is 2.95 bits per heavy atom. The number of rotatable bonds is 6. The average Bonchev–Trinajstić information content (AvgIpc) is 2.90. The van der Waals surface area contributed by atoms with Crippen molar-refractivity contribution in [1.82, 2.24) is 4.98 Å². The lowest BCUT2D eigenvalue weighted by atomic mass is 10.1. The van der Waals surface area contributed by atoms with Crippen LogP contribution in [-0.4, -0.2) is 36.2 Å². The molecule has 0 aliphatic rings. The Hall–Kier alpha value is -1.81. The fourth-order valence-electron chi connectivity index (χ4n) is 2.10. The predicted octanol–water partition coefficient (Wildman–Crippen LogP) is 2.95. The summed E-state index contributed by atoms with van der Waals surface area (Å²) in [6, 6.07) is 8.19. The van der Waals surface area contributed by atoms with E-state index < -0.39 is 5.97 Å². The molecule has 106 valence electrons. The van der Waals surface area contributed by atoms with Crippen molar-refractivity contribution in [2.24, 2.45) is 4.99 Å². The van der Waals surface area contributed by atoms with E-state index in [0.717, 1.165) is 18.4 Å². The molecule has 5 heteroatoms. The number of ether oxygens (including phenoxy) is 1. The molecule has 0 radical (unpaired) electrons. The van der Waals surface area contributed by atoms with E-state index in [1.807, 2.05) is 18.3 Å². The molecule has 2 rings (SSSR count). The van der Waals surface area contributed by atoms with E-state index in [-0.39, 0.29) is 11.6 Å². The highest BCUT2D eigenvalue weighted by molar-refractivity contribution is 6.47. The third kappa shape index (κ3) is 3.39. The average molecular weight is 293 g/mol. The van der Waals surface area contributed by atoms with Gasteiger partial charge in [-0.1, -0.05) is 18.2 Å². The van der Waals surface area contributed by atoms with E-state index in [1.54, 1.807) is 0 Å². The maximum Gasteiger partial charge on any atom is 0.353 e. The molecule has 20 heavy (non-hydrogen) atoms. The number of nitrogens with zero attached hydrogens (tertiary/aromatic N) is 1. The third-order valence-electron chi connectivity index (χ3n) is 3.13. The molecule has 0 amide bonds. The number of methoxy groups -OCH3 is 1. The van der Waals surface area contributed by atoms with Gasteiger partial charge in [-0.3, -0.25) is 4.99 Å². The third-order valence-corrected chi connectivity index (χ3v) is 3.38. The highest BCUT2D eigenvalue weighted by Crippen LogP contribution is 2.18. The molecule has 0 atom stereocenters. The van der Waals surface area contributed by atoms with E-state index in [9.17, 15) is 4.79 Å². The summed E-state index contributed by atoms with van der Waals surface area (Å²) in [5.41, 5.74) is 2.69. The van der Waals surface area contributed by atoms with Crippen molar-refractivity contribution in [1.29, 1.82) is 0 Å². The fourth-order valence-corrected chi connectivity index (χ4v) is 2.29. The first kappa shape index (κ1) is 14.6. The van der Waals surface area contributed by atoms with Gasteiger partial charge >= 0.3 is 5.97 Å². The molecular formula is C15H17ClN2O2. The zero-order chi connectivity index (χ0) is 14.4. The zero-order valence-corrected chi connectivity index (χ0v) is 12.1. The number of H-pyrrole nitrogens is 1. The smallest absolute Gasteiger partial charge is 0.353 e. The number of halogens is 1. The van der Waals surface area contributed by atoms with Crippen LogP contribution in [0.3, 0.4) is 0 Å². The van der Waals surface area contributed by atoms with Crippen LogP contribution in [0, 0.1) is 0 Å². The van der Waals surface area contributed by atoms with Crippen molar-refractivity contribution < 1.29 is 9.53 Å². The summed E-state index contributed by atoms with van der Waals surface area (Å²) in [5, 5.41) is 1.24. The quantitative estimate of drug-likeness (QED) is 0.385. The molecule has 1 aromatic carbocycles.